The maximum atomic E-state index is 10.3. The summed E-state index contributed by atoms with van der Waals surface area (Å²) in [6.45, 7) is 0.441. The predicted molar refractivity (Wildman–Crippen MR) is 27.2 cm³/mol. The summed E-state index contributed by atoms with van der Waals surface area (Å²) in [5, 5.41) is 0. The number of hydrogen-bond acceptors (Lipinski definition) is 4. The third-order valence-electron chi connectivity index (χ3n) is 0.821. The van der Waals surface area contributed by atoms with Crippen LogP contribution >= 0.6 is 8.25 Å². The van der Waals surface area contributed by atoms with E-state index >= 15 is 0 Å². The van der Waals surface area contributed by atoms with Crippen LogP contribution in [-0.2, 0) is 30.7 Å². The smallest absolute Gasteiger partial charge is 0.302 e. The van der Waals surface area contributed by atoms with Crippen molar-refractivity contribution in [3.63, 3.8) is 0 Å². The minimum absolute atomic E-state index is 0. The summed E-state index contributed by atoms with van der Waals surface area (Å²) in [5.74, 6) is 0. The third-order valence-corrected chi connectivity index (χ3v) is 1.66. The summed E-state index contributed by atoms with van der Waals surface area (Å²) in [7, 11) is -1.91. The molecule has 2 N–H and O–H groups in total. The molecule has 1 radical (unpaired) electrons. The van der Waals surface area contributed by atoms with Gasteiger partial charge in [-0.05, 0) is 0 Å². The largest absolute Gasteiger partial charge is 0.699 e. The van der Waals surface area contributed by atoms with E-state index < -0.39 is 14.5 Å². The van der Waals surface area contributed by atoms with Crippen molar-refractivity contribution in [1.29, 1.82) is 0 Å². The molecule has 1 rings (SSSR count). The van der Waals surface area contributed by atoms with E-state index in [1.54, 1.807) is 0 Å². The second-order valence-electron chi connectivity index (χ2n) is 1.49. The molecule has 6 heteroatoms. The van der Waals surface area contributed by atoms with E-state index in [1.807, 2.05) is 0 Å². The molecular formula is C3H7CuNO3P+. The predicted octanol–water partition coefficient (Wildman–Crippen LogP) is 0.363. The van der Waals surface area contributed by atoms with E-state index in [0.29, 0.717) is 13.0 Å². The molecule has 0 aromatic carbocycles. The van der Waals surface area contributed by atoms with Crippen molar-refractivity contribution >= 4 is 8.25 Å². The minimum Gasteiger partial charge on any atom is -0.302 e. The quantitative estimate of drug-likeness (QED) is 0.452. The van der Waals surface area contributed by atoms with Crippen molar-refractivity contribution in [2.24, 2.45) is 5.73 Å². The molecule has 1 aliphatic rings. The van der Waals surface area contributed by atoms with Crippen molar-refractivity contribution in [2.75, 3.05) is 6.61 Å². The maximum absolute atomic E-state index is 10.3. The molecule has 0 bridgehead atoms. The van der Waals surface area contributed by atoms with Gasteiger partial charge in [-0.15, -0.1) is 9.05 Å². The number of nitrogens with two attached hydrogens (primary N) is 1. The summed E-state index contributed by atoms with van der Waals surface area (Å²) in [4.78, 5) is 0. The zero-order valence-electron chi connectivity index (χ0n) is 4.54. The van der Waals surface area contributed by atoms with E-state index in [0.717, 1.165) is 0 Å². The molecular weight excluding hydrogens is 193 g/mol. The van der Waals surface area contributed by atoms with Crippen LogP contribution in [0.25, 0.3) is 0 Å². The first-order valence-electron chi connectivity index (χ1n) is 2.31. The molecule has 1 fully saturated rings. The molecule has 57 valence electrons. The topological polar surface area (TPSA) is 61.5 Å². The van der Waals surface area contributed by atoms with Crippen molar-refractivity contribution in [3.8, 4) is 0 Å². The van der Waals surface area contributed by atoms with Gasteiger partial charge < -0.3 is 5.73 Å². The standard InChI is InChI=1S/C3H7NO3P.Cu/c4-3-1-2-6-8(5)7-3;/h3H,1-2,4H2;/q+1;. The van der Waals surface area contributed by atoms with Gasteiger partial charge in [0, 0.05) is 28.1 Å². The summed E-state index contributed by atoms with van der Waals surface area (Å²) in [5.41, 5.74) is 5.24. The van der Waals surface area contributed by atoms with Crippen LogP contribution < -0.4 is 5.73 Å². The minimum atomic E-state index is -1.91. The normalized spacial score (nSPS) is 31.2. The Hall–Kier alpha value is 0.499. The number of hydrogen-bond donors (Lipinski definition) is 1. The Morgan fingerprint density at radius 2 is 2.33 bits per heavy atom. The van der Waals surface area contributed by atoms with Gasteiger partial charge in [0.15, 0.2) is 6.23 Å². The average Bonchev–Trinajstić information content (AvgIpc) is 1.64. The van der Waals surface area contributed by atoms with Gasteiger partial charge in [0.25, 0.3) is 0 Å². The zero-order chi connectivity index (χ0) is 5.98. The molecule has 0 amide bonds. The van der Waals surface area contributed by atoms with Gasteiger partial charge in [0.1, 0.15) is 6.61 Å². The SMILES string of the molecule is NC1CCO[P+](=O)O1.[Cu]. The molecule has 0 aromatic rings. The van der Waals surface area contributed by atoms with Crippen LogP contribution in [-0.4, -0.2) is 12.8 Å². The van der Waals surface area contributed by atoms with Gasteiger partial charge in [-0.2, -0.15) is 0 Å². The first kappa shape index (κ1) is 9.50. The van der Waals surface area contributed by atoms with E-state index in [2.05, 4.69) is 9.05 Å². The van der Waals surface area contributed by atoms with Gasteiger partial charge >= 0.3 is 8.25 Å². The summed E-state index contributed by atoms with van der Waals surface area (Å²) >= 11 is 0. The van der Waals surface area contributed by atoms with E-state index in [-0.39, 0.29) is 17.1 Å². The van der Waals surface area contributed by atoms with Crippen LogP contribution in [0.5, 0.6) is 0 Å². The van der Waals surface area contributed by atoms with Crippen molar-refractivity contribution in [2.45, 2.75) is 12.6 Å². The van der Waals surface area contributed by atoms with Crippen LogP contribution in [0.2, 0.25) is 0 Å². The molecule has 0 aromatic heterocycles. The first-order chi connectivity index (χ1) is 3.79. The van der Waals surface area contributed by atoms with Gasteiger partial charge in [-0.3, -0.25) is 0 Å². The van der Waals surface area contributed by atoms with E-state index in [4.69, 9.17) is 5.73 Å². The van der Waals surface area contributed by atoms with E-state index in [1.165, 1.54) is 0 Å². The van der Waals surface area contributed by atoms with Gasteiger partial charge in [-0.25, -0.2) is 0 Å². The molecule has 2 atom stereocenters. The molecule has 4 nitrogen and oxygen atoms in total. The van der Waals surface area contributed by atoms with Crippen molar-refractivity contribution in [1.82, 2.24) is 0 Å². The van der Waals surface area contributed by atoms with Crippen LogP contribution in [0.1, 0.15) is 6.42 Å². The first-order valence-corrected chi connectivity index (χ1v) is 3.41. The Bertz CT molecular complexity index is 111. The Morgan fingerprint density at radius 1 is 1.67 bits per heavy atom. The van der Waals surface area contributed by atoms with E-state index in [9.17, 15) is 4.57 Å². The fourth-order valence-corrected chi connectivity index (χ4v) is 1.08. The van der Waals surface area contributed by atoms with Crippen LogP contribution in [0.4, 0.5) is 0 Å². The Kier molecular flexibility index (Phi) is 4.58. The van der Waals surface area contributed by atoms with Crippen LogP contribution in [0.3, 0.4) is 0 Å². The Labute approximate surface area is 64.5 Å². The molecule has 0 spiro atoms. The van der Waals surface area contributed by atoms with Crippen molar-refractivity contribution < 1.29 is 30.7 Å². The average molecular weight is 200 g/mol. The Balaban J connectivity index is 0.000000640. The van der Waals surface area contributed by atoms with Gasteiger partial charge in [0.05, 0.1) is 0 Å². The summed E-state index contributed by atoms with van der Waals surface area (Å²) in [6.07, 6.45) is 0.230. The van der Waals surface area contributed by atoms with Gasteiger partial charge in [0.2, 0.25) is 0 Å². The van der Waals surface area contributed by atoms with Crippen LogP contribution in [0, 0.1) is 0 Å². The third kappa shape index (κ3) is 3.26. The summed E-state index contributed by atoms with van der Waals surface area (Å²) < 4.78 is 19.4. The molecule has 2 unspecified atom stereocenters. The Morgan fingerprint density at radius 3 is 2.67 bits per heavy atom. The molecule has 1 heterocycles. The maximum Gasteiger partial charge on any atom is 0.699 e. The molecule has 0 saturated carbocycles. The monoisotopic (exact) mass is 199 g/mol. The second kappa shape index (κ2) is 4.34. The summed E-state index contributed by atoms with van der Waals surface area (Å²) in [6, 6.07) is 0. The number of rotatable bonds is 0. The van der Waals surface area contributed by atoms with Crippen LogP contribution in [0.15, 0.2) is 0 Å². The molecule has 1 aliphatic heterocycles. The second-order valence-corrected chi connectivity index (χ2v) is 2.41. The fraction of sp³-hybridized carbons (Fsp3) is 1.00. The fourth-order valence-electron chi connectivity index (χ4n) is 0.437. The molecule has 9 heavy (non-hydrogen) atoms. The molecule has 1 saturated heterocycles. The van der Waals surface area contributed by atoms with Gasteiger partial charge in [-0.1, -0.05) is 0 Å². The molecule has 0 aliphatic carbocycles. The van der Waals surface area contributed by atoms with Crippen molar-refractivity contribution in [3.05, 3.63) is 0 Å². The zero-order valence-corrected chi connectivity index (χ0v) is 6.38.